The highest BCUT2D eigenvalue weighted by atomic mass is 16.5. The van der Waals surface area contributed by atoms with Gasteiger partial charge in [0.1, 0.15) is 6.61 Å². The summed E-state index contributed by atoms with van der Waals surface area (Å²) >= 11 is 0. The summed E-state index contributed by atoms with van der Waals surface area (Å²) in [7, 11) is 0. The van der Waals surface area contributed by atoms with Gasteiger partial charge in [0, 0.05) is 12.5 Å². The Labute approximate surface area is 102 Å². The Bertz CT molecular complexity index is 389. The summed E-state index contributed by atoms with van der Waals surface area (Å²) in [6, 6.07) is 7.57. The molecule has 0 amide bonds. The molecular weight excluding hydrogens is 216 g/mol. The number of hydrogen-bond donors (Lipinski definition) is 0. The Morgan fingerprint density at radius 3 is 2.71 bits per heavy atom. The fourth-order valence-corrected chi connectivity index (χ4v) is 1.73. The standard InChI is InChI=1S/C14H16O3/c1-2-8-16-13-5-3-4-6-14(13)17-11-12-7-9-15-10-12/h1,3-6,12H,7-11H2/t12-/m0/s1. The largest absolute Gasteiger partial charge is 0.489 e. The van der Waals surface area contributed by atoms with Crippen molar-refractivity contribution in [1.82, 2.24) is 0 Å². The van der Waals surface area contributed by atoms with E-state index in [2.05, 4.69) is 5.92 Å². The molecule has 1 fully saturated rings. The zero-order chi connectivity index (χ0) is 11.9. The Kier molecular flexibility index (Phi) is 4.29. The molecule has 0 aliphatic carbocycles. The summed E-state index contributed by atoms with van der Waals surface area (Å²) in [4.78, 5) is 0. The van der Waals surface area contributed by atoms with Crippen LogP contribution >= 0.6 is 0 Å². The highest BCUT2D eigenvalue weighted by Crippen LogP contribution is 2.27. The van der Waals surface area contributed by atoms with E-state index in [4.69, 9.17) is 20.6 Å². The SMILES string of the molecule is C#CCOc1ccccc1OC[C@H]1CCOC1. The second-order valence-electron chi connectivity index (χ2n) is 3.98. The number of rotatable bonds is 5. The molecule has 1 atom stereocenters. The van der Waals surface area contributed by atoms with Crippen LogP contribution in [0.25, 0.3) is 0 Å². The third-order valence-electron chi connectivity index (χ3n) is 2.66. The molecule has 0 spiro atoms. The van der Waals surface area contributed by atoms with Crippen molar-refractivity contribution >= 4 is 0 Å². The van der Waals surface area contributed by atoms with Crippen LogP contribution in [0.5, 0.6) is 11.5 Å². The van der Waals surface area contributed by atoms with Gasteiger partial charge in [0.05, 0.1) is 13.2 Å². The minimum atomic E-state index is 0.257. The van der Waals surface area contributed by atoms with E-state index in [-0.39, 0.29) is 6.61 Å². The average Bonchev–Trinajstić information content (AvgIpc) is 2.88. The van der Waals surface area contributed by atoms with Crippen molar-refractivity contribution in [1.29, 1.82) is 0 Å². The topological polar surface area (TPSA) is 27.7 Å². The molecule has 3 nitrogen and oxygen atoms in total. The highest BCUT2D eigenvalue weighted by Gasteiger charge is 2.16. The zero-order valence-electron chi connectivity index (χ0n) is 9.72. The smallest absolute Gasteiger partial charge is 0.162 e. The van der Waals surface area contributed by atoms with Gasteiger partial charge in [-0.05, 0) is 18.6 Å². The first-order chi connectivity index (χ1) is 8.40. The van der Waals surface area contributed by atoms with E-state index in [0.717, 1.165) is 25.4 Å². The van der Waals surface area contributed by atoms with Crippen LogP contribution in [0.15, 0.2) is 24.3 Å². The molecule has 17 heavy (non-hydrogen) atoms. The Morgan fingerprint density at radius 2 is 2.06 bits per heavy atom. The molecule has 0 N–H and O–H groups in total. The van der Waals surface area contributed by atoms with Crippen LogP contribution in [-0.4, -0.2) is 26.4 Å². The highest BCUT2D eigenvalue weighted by molar-refractivity contribution is 5.39. The molecule has 2 rings (SSSR count). The van der Waals surface area contributed by atoms with E-state index in [1.807, 2.05) is 24.3 Å². The fraction of sp³-hybridized carbons (Fsp3) is 0.429. The molecule has 1 saturated heterocycles. The van der Waals surface area contributed by atoms with Crippen LogP contribution in [0.3, 0.4) is 0 Å². The second kappa shape index (κ2) is 6.17. The summed E-state index contributed by atoms with van der Waals surface area (Å²) in [6.07, 6.45) is 6.23. The lowest BCUT2D eigenvalue weighted by atomic mass is 10.1. The van der Waals surface area contributed by atoms with Gasteiger partial charge in [0.2, 0.25) is 0 Å². The van der Waals surface area contributed by atoms with Gasteiger partial charge in [-0.1, -0.05) is 18.1 Å². The van der Waals surface area contributed by atoms with E-state index in [9.17, 15) is 0 Å². The van der Waals surface area contributed by atoms with E-state index < -0.39 is 0 Å². The predicted molar refractivity (Wildman–Crippen MR) is 65.2 cm³/mol. The summed E-state index contributed by atoms with van der Waals surface area (Å²) in [5, 5.41) is 0. The van der Waals surface area contributed by atoms with Crippen molar-refractivity contribution in [3.63, 3.8) is 0 Å². The van der Waals surface area contributed by atoms with Crippen LogP contribution < -0.4 is 9.47 Å². The van der Waals surface area contributed by atoms with Crippen molar-refractivity contribution in [3.05, 3.63) is 24.3 Å². The number of para-hydroxylation sites is 2. The van der Waals surface area contributed by atoms with Gasteiger partial charge in [0.25, 0.3) is 0 Å². The van der Waals surface area contributed by atoms with E-state index in [1.54, 1.807) is 0 Å². The minimum Gasteiger partial charge on any atom is -0.489 e. The molecule has 1 aromatic carbocycles. The van der Waals surface area contributed by atoms with Crippen molar-refractivity contribution in [2.24, 2.45) is 5.92 Å². The van der Waals surface area contributed by atoms with Gasteiger partial charge in [-0.3, -0.25) is 0 Å². The molecule has 90 valence electrons. The molecule has 0 aromatic heterocycles. The lowest BCUT2D eigenvalue weighted by Crippen LogP contribution is -2.12. The quantitative estimate of drug-likeness (QED) is 0.728. The van der Waals surface area contributed by atoms with Crippen LogP contribution in [0.1, 0.15) is 6.42 Å². The molecule has 0 radical (unpaired) electrons. The third-order valence-corrected chi connectivity index (χ3v) is 2.66. The summed E-state index contributed by atoms with van der Waals surface area (Å²) in [5.74, 6) is 4.37. The Morgan fingerprint density at radius 1 is 1.29 bits per heavy atom. The third kappa shape index (κ3) is 3.40. The first-order valence-electron chi connectivity index (χ1n) is 5.76. The molecule has 1 aliphatic rings. The fourth-order valence-electron chi connectivity index (χ4n) is 1.73. The number of benzene rings is 1. The molecule has 1 heterocycles. The molecule has 0 bridgehead atoms. The van der Waals surface area contributed by atoms with Gasteiger partial charge in [-0.2, -0.15) is 0 Å². The van der Waals surface area contributed by atoms with Gasteiger partial charge in [0.15, 0.2) is 11.5 Å². The number of ether oxygens (including phenoxy) is 3. The normalized spacial score (nSPS) is 18.6. The van der Waals surface area contributed by atoms with Gasteiger partial charge < -0.3 is 14.2 Å². The van der Waals surface area contributed by atoms with E-state index >= 15 is 0 Å². The monoisotopic (exact) mass is 232 g/mol. The first-order valence-corrected chi connectivity index (χ1v) is 5.76. The maximum atomic E-state index is 5.74. The van der Waals surface area contributed by atoms with E-state index in [1.165, 1.54) is 0 Å². The predicted octanol–water partition coefficient (Wildman–Crippen LogP) is 2.11. The number of hydrogen-bond acceptors (Lipinski definition) is 3. The van der Waals surface area contributed by atoms with Crippen LogP contribution in [-0.2, 0) is 4.74 Å². The van der Waals surface area contributed by atoms with Crippen LogP contribution in [0.4, 0.5) is 0 Å². The average molecular weight is 232 g/mol. The van der Waals surface area contributed by atoms with Gasteiger partial charge in [-0.25, -0.2) is 0 Å². The molecule has 1 aliphatic heterocycles. The maximum absolute atomic E-state index is 5.74. The Hall–Kier alpha value is -1.66. The zero-order valence-corrected chi connectivity index (χ0v) is 9.72. The lowest BCUT2D eigenvalue weighted by Gasteiger charge is -2.13. The summed E-state index contributed by atoms with van der Waals surface area (Å²) in [6.45, 7) is 2.54. The van der Waals surface area contributed by atoms with Crippen LogP contribution in [0, 0.1) is 18.3 Å². The maximum Gasteiger partial charge on any atom is 0.162 e. The number of terminal acetylenes is 1. The van der Waals surface area contributed by atoms with Crippen molar-refractivity contribution in [2.45, 2.75) is 6.42 Å². The molecule has 0 saturated carbocycles. The molecule has 1 aromatic rings. The van der Waals surface area contributed by atoms with Gasteiger partial charge >= 0.3 is 0 Å². The van der Waals surface area contributed by atoms with Crippen molar-refractivity contribution in [3.8, 4) is 23.8 Å². The summed E-state index contributed by atoms with van der Waals surface area (Å²) in [5.41, 5.74) is 0. The first kappa shape index (κ1) is 11.8. The molecule has 0 unspecified atom stereocenters. The molecular formula is C14H16O3. The summed E-state index contributed by atoms with van der Waals surface area (Å²) < 4.78 is 16.5. The van der Waals surface area contributed by atoms with Gasteiger partial charge in [-0.15, -0.1) is 6.42 Å². The van der Waals surface area contributed by atoms with Crippen molar-refractivity contribution < 1.29 is 14.2 Å². The minimum absolute atomic E-state index is 0.257. The van der Waals surface area contributed by atoms with E-state index in [0.29, 0.717) is 18.3 Å². The van der Waals surface area contributed by atoms with Crippen molar-refractivity contribution in [2.75, 3.05) is 26.4 Å². The Balaban J connectivity index is 1.92. The lowest BCUT2D eigenvalue weighted by molar-refractivity contribution is 0.165. The second-order valence-corrected chi connectivity index (χ2v) is 3.98. The molecule has 3 heteroatoms. The van der Waals surface area contributed by atoms with Crippen LogP contribution in [0.2, 0.25) is 0 Å².